The van der Waals surface area contributed by atoms with Crippen LogP contribution in [0.4, 0.5) is 4.79 Å². The van der Waals surface area contributed by atoms with Crippen molar-refractivity contribution in [1.29, 1.82) is 0 Å². The Morgan fingerprint density at radius 2 is 2.03 bits per heavy atom. The fourth-order valence-electron chi connectivity index (χ4n) is 3.71. The number of methoxy groups -OCH3 is 1. The van der Waals surface area contributed by atoms with Gasteiger partial charge in [0, 0.05) is 26.7 Å². The average molecular weight is 520 g/mol. The van der Waals surface area contributed by atoms with Gasteiger partial charge in [-0.3, -0.25) is 4.99 Å². The summed E-state index contributed by atoms with van der Waals surface area (Å²) in [7, 11) is 3.56. The summed E-state index contributed by atoms with van der Waals surface area (Å²) in [5.41, 5.74) is 1.61. The van der Waals surface area contributed by atoms with E-state index in [4.69, 9.17) is 9.47 Å². The third-order valence-corrected chi connectivity index (χ3v) is 4.98. The highest BCUT2D eigenvalue weighted by Crippen LogP contribution is 2.23. The second-order valence-electron chi connectivity index (χ2n) is 8.20. The minimum Gasteiger partial charge on any atom is -0.481 e. The number of guanidine groups is 1. The Labute approximate surface area is 189 Å². The van der Waals surface area contributed by atoms with Gasteiger partial charge in [0.05, 0.1) is 37.5 Å². The second kappa shape index (κ2) is 9.40. The molecule has 29 heavy (non-hydrogen) atoms. The van der Waals surface area contributed by atoms with E-state index >= 15 is 0 Å². The SMILES string of the molecule is CCc1nn(C)c(OC)c1CNC1=NCC2CN(C(=O)OC(C)(C)C)CCN12.I. The van der Waals surface area contributed by atoms with Crippen molar-refractivity contribution < 1.29 is 14.3 Å². The van der Waals surface area contributed by atoms with Crippen molar-refractivity contribution in [3.05, 3.63) is 11.3 Å². The average Bonchev–Trinajstić information content (AvgIpc) is 3.17. The summed E-state index contributed by atoms with van der Waals surface area (Å²) in [6, 6.07) is 0.185. The van der Waals surface area contributed by atoms with Gasteiger partial charge in [-0.1, -0.05) is 6.92 Å². The number of aromatic nitrogens is 2. The van der Waals surface area contributed by atoms with Gasteiger partial charge in [0.1, 0.15) is 5.60 Å². The molecule has 1 saturated heterocycles. The molecule has 1 unspecified atom stereocenters. The molecule has 1 aromatic heterocycles. The van der Waals surface area contributed by atoms with Crippen LogP contribution in [-0.4, -0.2) is 76.6 Å². The van der Waals surface area contributed by atoms with Gasteiger partial charge in [-0.2, -0.15) is 5.10 Å². The number of aliphatic imine (C=N–C) groups is 1. The highest BCUT2D eigenvalue weighted by Gasteiger charge is 2.36. The highest BCUT2D eigenvalue weighted by atomic mass is 127. The summed E-state index contributed by atoms with van der Waals surface area (Å²) < 4.78 is 12.8. The summed E-state index contributed by atoms with van der Waals surface area (Å²) in [5, 5.41) is 7.98. The maximum absolute atomic E-state index is 12.3. The van der Waals surface area contributed by atoms with Crippen LogP contribution in [-0.2, 0) is 24.8 Å². The van der Waals surface area contributed by atoms with E-state index in [0.29, 0.717) is 26.2 Å². The summed E-state index contributed by atoms with van der Waals surface area (Å²) in [6.45, 7) is 11.0. The molecule has 0 saturated carbocycles. The zero-order chi connectivity index (χ0) is 20.5. The Kier molecular flexibility index (Phi) is 7.63. The lowest BCUT2D eigenvalue weighted by atomic mass is 10.2. The minimum atomic E-state index is -0.479. The number of hydrogen-bond donors (Lipinski definition) is 1. The number of rotatable bonds is 4. The van der Waals surface area contributed by atoms with Crippen LogP contribution in [0.25, 0.3) is 0 Å². The normalized spacial score (nSPS) is 18.7. The largest absolute Gasteiger partial charge is 0.481 e. The fraction of sp³-hybridized carbons (Fsp3) is 0.737. The second-order valence-corrected chi connectivity index (χ2v) is 8.20. The highest BCUT2D eigenvalue weighted by molar-refractivity contribution is 14.0. The molecular weight excluding hydrogens is 487 g/mol. The van der Waals surface area contributed by atoms with Crippen LogP contribution in [0.5, 0.6) is 5.88 Å². The Bertz CT molecular complexity index is 758. The van der Waals surface area contributed by atoms with Gasteiger partial charge in [-0.15, -0.1) is 24.0 Å². The van der Waals surface area contributed by atoms with Crippen molar-refractivity contribution in [2.45, 2.75) is 52.3 Å². The van der Waals surface area contributed by atoms with E-state index < -0.39 is 5.60 Å². The van der Waals surface area contributed by atoms with Crippen LogP contribution >= 0.6 is 24.0 Å². The Morgan fingerprint density at radius 1 is 1.31 bits per heavy atom. The Balaban J connectivity index is 0.00000300. The van der Waals surface area contributed by atoms with Crippen molar-refractivity contribution >= 4 is 36.0 Å². The number of nitrogens with zero attached hydrogens (tertiary/aromatic N) is 5. The van der Waals surface area contributed by atoms with Gasteiger partial charge in [0.25, 0.3) is 0 Å². The Hall–Kier alpha value is -1.72. The number of hydrogen-bond acceptors (Lipinski definition) is 7. The zero-order valence-corrected chi connectivity index (χ0v) is 20.5. The van der Waals surface area contributed by atoms with Crippen LogP contribution < -0.4 is 10.1 Å². The van der Waals surface area contributed by atoms with Gasteiger partial charge in [-0.05, 0) is 27.2 Å². The molecule has 1 fully saturated rings. The molecule has 1 atom stereocenters. The number of carbonyl (C=O) groups excluding carboxylic acids is 1. The summed E-state index contributed by atoms with van der Waals surface area (Å²) >= 11 is 0. The molecule has 0 bridgehead atoms. The van der Waals surface area contributed by atoms with E-state index in [1.807, 2.05) is 27.8 Å². The van der Waals surface area contributed by atoms with Crippen molar-refractivity contribution in [2.75, 3.05) is 33.3 Å². The lowest BCUT2D eigenvalue weighted by molar-refractivity contribution is 0.0137. The van der Waals surface area contributed by atoms with Crippen molar-refractivity contribution in [2.24, 2.45) is 12.0 Å². The number of piperazine rings is 1. The summed E-state index contributed by atoms with van der Waals surface area (Å²) in [4.78, 5) is 21.0. The van der Waals surface area contributed by atoms with Crippen molar-refractivity contribution in [1.82, 2.24) is 24.9 Å². The molecular formula is C19H33IN6O3. The van der Waals surface area contributed by atoms with Crippen LogP contribution in [0.15, 0.2) is 4.99 Å². The predicted octanol–water partition coefficient (Wildman–Crippen LogP) is 1.99. The molecule has 0 aromatic carbocycles. The number of halogens is 1. The molecule has 0 aliphatic carbocycles. The van der Waals surface area contributed by atoms with Gasteiger partial charge in [-0.25, -0.2) is 9.48 Å². The van der Waals surface area contributed by atoms with Gasteiger partial charge < -0.3 is 24.6 Å². The lowest BCUT2D eigenvalue weighted by Crippen LogP contribution is -2.57. The van der Waals surface area contributed by atoms with E-state index in [-0.39, 0.29) is 36.1 Å². The first-order valence-corrected chi connectivity index (χ1v) is 9.85. The van der Waals surface area contributed by atoms with Crippen LogP contribution in [0.1, 0.15) is 39.0 Å². The van der Waals surface area contributed by atoms with Crippen LogP contribution in [0, 0.1) is 0 Å². The summed E-state index contributed by atoms with van der Waals surface area (Å²) in [5.74, 6) is 1.65. The lowest BCUT2D eigenvalue weighted by Gasteiger charge is -2.39. The van der Waals surface area contributed by atoms with Gasteiger partial charge in [0.15, 0.2) is 5.96 Å². The zero-order valence-electron chi connectivity index (χ0n) is 18.2. The van der Waals surface area contributed by atoms with Crippen molar-refractivity contribution in [3.8, 4) is 5.88 Å². The molecule has 2 aliphatic heterocycles. The maximum Gasteiger partial charge on any atom is 0.410 e. The van der Waals surface area contributed by atoms with E-state index in [2.05, 4.69) is 27.2 Å². The number of nitrogens with one attached hydrogen (secondary N) is 1. The molecule has 3 heterocycles. The number of carbonyl (C=O) groups is 1. The fourth-order valence-corrected chi connectivity index (χ4v) is 3.71. The van der Waals surface area contributed by atoms with E-state index in [9.17, 15) is 4.79 Å². The molecule has 0 radical (unpaired) electrons. The molecule has 164 valence electrons. The number of fused-ring (bicyclic) bond motifs is 1. The van der Waals surface area contributed by atoms with Crippen LogP contribution in [0.2, 0.25) is 0 Å². The topological polar surface area (TPSA) is 84.2 Å². The van der Waals surface area contributed by atoms with Crippen molar-refractivity contribution in [3.63, 3.8) is 0 Å². The third-order valence-electron chi connectivity index (χ3n) is 4.98. The third kappa shape index (κ3) is 5.26. The molecule has 1 aromatic rings. The first-order chi connectivity index (χ1) is 13.2. The van der Waals surface area contributed by atoms with Gasteiger partial charge >= 0.3 is 6.09 Å². The first-order valence-electron chi connectivity index (χ1n) is 9.85. The van der Waals surface area contributed by atoms with Crippen LogP contribution in [0.3, 0.4) is 0 Å². The van der Waals surface area contributed by atoms with E-state index in [0.717, 1.165) is 36.1 Å². The van der Waals surface area contributed by atoms with E-state index in [1.165, 1.54) is 0 Å². The molecule has 1 N–H and O–H groups in total. The monoisotopic (exact) mass is 520 g/mol. The number of aryl methyl sites for hydroxylation is 2. The molecule has 9 nitrogen and oxygen atoms in total. The van der Waals surface area contributed by atoms with E-state index in [1.54, 1.807) is 16.7 Å². The maximum atomic E-state index is 12.3. The summed E-state index contributed by atoms with van der Waals surface area (Å²) in [6.07, 6.45) is 0.596. The molecule has 10 heteroatoms. The quantitative estimate of drug-likeness (QED) is 0.612. The molecule has 2 aliphatic rings. The Morgan fingerprint density at radius 3 is 2.66 bits per heavy atom. The van der Waals surface area contributed by atoms with Gasteiger partial charge in [0.2, 0.25) is 5.88 Å². The minimum absolute atomic E-state index is 0. The first kappa shape index (κ1) is 23.6. The number of ether oxygens (including phenoxy) is 2. The smallest absolute Gasteiger partial charge is 0.410 e. The molecule has 1 amide bonds. The number of amides is 1. The standard InChI is InChI=1S/C19H32N6O3.HI/c1-7-15-14(16(27-6)23(5)22-15)11-21-17-20-10-13-12-24(8-9-25(13)17)18(26)28-19(2,3)4;/h13H,7-12H2,1-6H3,(H,20,21);1H. The predicted molar refractivity (Wildman–Crippen MR) is 122 cm³/mol. The molecule has 0 spiro atoms. The molecule has 3 rings (SSSR count).